The Morgan fingerprint density at radius 3 is 2.91 bits per heavy atom. The SMILES string of the molecule is COC(=O)Cc1c(C)ccc(O)c1-c1ccc2c(c1)CCCO2. The van der Waals surface area contributed by atoms with Crippen LogP contribution in [0.3, 0.4) is 0 Å². The Labute approximate surface area is 135 Å². The molecule has 1 aliphatic heterocycles. The van der Waals surface area contributed by atoms with Crippen molar-refractivity contribution in [2.24, 2.45) is 0 Å². The second-order valence-corrected chi connectivity index (χ2v) is 5.78. The van der Waals surface area contributed by atoms with Gasteiger partial charge in [-0.1, -0.05) is 12.1 Å². The lowest BCUT2D eigenvalue weighted by atomic mass is 9.91. The maximum absolute atomic E-state index is 11.7. The molecular weight excluding hydrogens is 292 g/mol. The van der Waals surface area contributed by atoms with Gasteiger partial charge in [0.25, 0.3) is 0 Å². The van der Waals surface area contributed by atoms with Crippen LogP contribution in [-0.2, 0) is 22.4 Å². The largest absolute Gasteiger partial charge is 0.507 e. The van der Waals surface area contributed by atoms with Gasteiger partial charge in [-0.15, -0.1) is 0 Å². The van der Waals surface area contributed by atoms with Gasteiger partial charge in [0.1, 0.15) is 11.5 Å². The van der Waals surface area contributed by atoms with Crippen molar-refractivity contribution in [1.29, 1.82) is 0 Å². The zero-order chi connectivity index (χ0) is 16.4. The van der Waals surface area contributed by atoms with Crippen molar-refractivity contribution in [3.63, 3.8) is 0 Å². The molecule has 0 saturated carbocycles. The second-order valence-electron chi connectivity index (χ2n) is 5.78. The first-order valence-electron chi connectivity index (χ1n) is 7.74. The number of carbonyl (C=O) groups excluding carboxylic acids is 1. The van der Waals surface area contributed by atoms with Gasteiger partial charge in [-0.05, 0) is 60.2 Å². The Kier molecular flexibility index (Phi) is 4.24. The molecule has 0 unspecified atom stereocenters. The molecule has 3 rings (SSSR count). The molecule has 2 aromatic carbocycles. The molecule has 4 heteroatoms. The number of phenols is 1. The molecule has 0 aliphatic carbocycles. The van der Waals surface area contributed by atoms with Gasteiger partial charge < -0.3 is 14.6 Å². The fraction of sp³-hybridized carbons (Fsp3) is 0.316. The highest BCUT2D eigenvalue weighted by atomic mass is 16.5. The summed E-state index contributed by atoms with van der Waals surface area (Å²) in [4.78, 5) is 11.7. The van der Waals surface area contributed by atoms with Crippen LogP contribution in [0.1, 0.15) is 23.1 Å². The van der Waals surface area contributed by atoms with E-state index in [0.29, 0.717) is 5.56 Å². The number of phenolic OH excluding ortho intramolecular Hbond substituents is 1. The van der Waals surface area contributed by atoms with E-state index in [2.05, 4.69) is 0 Å². The topological polar surface area (TPSA) is 55.8 Å². The van der Waals surface area contributed by atoms with Crippen LogP contribution in [0.2, 0.25) is 0 Å². The molecule has 23 heavy (non-hydrogen) atoms. The molecule has 0 aromatic heterocycles. The third-order valence-electron chi connectivity index (χ3n) is 4.27. The predicted octanol–water partition coefficient (Wildman–Crippen LogP) is 3.41. The van der Waals surface area contributed by atoms with E-state index in [0.717, 1.165) is 47.5 Å². The van der Waals surface area contributed by atoms with E-state index >= 15 is 0 Å². The monoisotopic (exact) mass is 312 g/mol. The summed E-state index contributed by atoms with van der Waals surface area (Å²) < 4.78 is 10.4. The van der Waals surface area contributed by atoms with Gasteiger partial charge in [0.15, 0.2) is 0 Å². The Morgan fingerprint density at radius 1 is 1.30 bits per heavy atom. The van der Waals surface area contributed by atoms with Crippen LogP contribution in [0.4, 0.5) is 0 Å². The van der Waals surface area contributed by atoms with Crippen LogP contribution < -0.4 is 4.74 Å². The number of methoxy groups -OCH3 is 1. The normalized spacial score (nSPS) is 13.1. The summed E-state index contributed by atoms with van der Waals surface area (Å²) in [6, 6.07) is 9.40. The van der Waals surface area contributed by atoms with Gasteiger partial charge >= 0.3 is 5.97 Å². The number of rotatable bonds is 3. The number of aryl methyl sites for hydroxylation is 2. The standard InChI is InChI=1S/C19H20O4/c1-12-5-7-16(20)19(15(12)11-18(21)22-2)14-6-8-17-13(10-14)4-3-9-23-17/h5-8,10,20H,3-4,9,11H2,1-2H3. The Bertz CT molecular complexity index is 749. The number of aromatic hydroxyl groups is 1. The minimum Gasteiger partial charge on any atom is -0.507 e. The van der Waals surface area contributed by atoms with Crippen molar-refractivity contribution in [1.82, 2.24) is 0 Å². The maximum atomic E-state index is 11.7. The van der Waals surface area contributed by atoms with Crippen LogP contribution in [0, 0.1) is 6.92 Å². The number of benzene rings is 2. The lowest BCUT2D eigenvalue weighted by Gasteiger charge is -2.19. The summed E-state index contributed by atoms with van der Waals surface area (Å²) in [6.45, 7) is 2.68. The highest BCUT2D eigenvalue weighted by molar-refractivity contribution is 5.82. The van der Waals surface area contributed by atoms with E-state index in [1.165, 1.54) is 7.11 Å². The number of esters is 1. The van der Waals surface area contributed by atoms with Gasteiger partial charge in [0, 0.05) is 5.56 Å². The third kappa shape index (κ3) is 3.02. The second kappa shape index (κ2) is 6.32. The van der Waals surface area contributed by atoms with Gasteiger partial charge in [-0.3, -0.25) is 4.79 Å². The first kappa shape index (κ1) is 15.4. The van der Waals surface area contributed by atoms with Crippen molar-refractivity contribution in [3.05, 3.63) is 47.0 Å². The summed E-state index contributed by atoms with van der Waals surface area (Å²) in [6.07, 6.45) is 2.09. The van der Waals surface area contributed by atoms with Crippen LogP contribution >= 0.6 is 0 Å². The van der Waals surface area contributed by atoms with E-state index in [1.54, 1.807) is 6.07 Å². The lowest BCUT2D eigenvalue weighted by molar-refractivity contribution is -0.139. The predicted molar refractivity (Wildman–Crippen MR) is 87.8 cm³/mol. The number of hydrogen-bond acceptors (Lipinski definition) is 4. The quantitative estimate of drug-likeness (QED) is 0.883. The van der Waals surface area contributed by atoms with E-state index in [9.17, 15) is 9.90 Å². The summed E-state index contributed by atoms with van der Waals surface area (Å²) in [5.74, 6) is 0.758. The van der Waals surface area contributed by atoms with E-state index in [4.69, 9.17) is 9.47 Å². The van der Waals surface area contributed by atoms with Crippen LogP contribution in [-0.4, -0.2) is 24.8 Å². The van der Waals surface area contributed by atoms with Crippen molar-refractivity contribution in [2.75, 3.05) is 13.7 Å². The first-order chi connectivity index (χ1) is 11.1. The lowest BCUT2D eigenvalue weighted by Crippen LogP contribution is -2.09. The summed E-state index contributed by atoms with van der Waals surface area (Å²) in [5, 5.41) is 10.4. The molecule has 0 atom stereocenters. The highest BCUT2D eigenvalue weighted by Crippen LogP contribution is 2.38. The van der Waals surface area contributed by atoms with Crippen LogP contribution in [0.15, 0.2) is 30.3 Å². The average Bonchev–Trinajstić information content (AvgIpc) is 2.57. The Morgan fingerprint density at radius 2 is 2.13 bits per heavy atom. The number of hydrogen-bond donors (Lipinski definition) is 1. The van der Waals surface area contributed by atoms with Crippen molar-refractivity contribution >= 4 is 5.97 Å². The molecule has 0 radical (unpaired) electrons. The first-order valence-corrected chi connectivity index (χ1v) is 7.74. The zero-order valence-corrected chi connectivity index (χ0v) is 13.4. The van der Waals surface area contributed by atoms with Crippen molar-refractivity contribution in [3.8, 4) is 22.6 Å². The number of fused-ring (bicyclic) bond motifs is 1. The van der Waals surface area contributed by atoms with Gasteiger partial charge in [-0.25, -0.2) is 0 Å². The molecular formula is C19H20O4. The molecule has 1 N–H and O–H groups in total. The summed E-state index contributed by atoms with van der Waals surface area (Å²) in [5.41, 5.74) is 4.49. The van der Waals surface area contributed by atoms with E-state index < -0.39 is 0 Å². The van der Waals surface area contributed by atoms with Crippen LogP contribution in [0.5, 0.6) is 11.5 Å². The molecule has 2 aromatic rings. The molecule has 0 fully saturated rings. The van der Waals surface area contributed by atoms with Gasteiger partial charge in [0.05, 0.1) is 20.1 Å². The minimum atomic E-state index is -0.318. The smallest absolute Gasteiger partial charge is 0.310 e. The third-order valence-corrected chi connectivity index (χ3v) is 4.27. The molecule has 1 aliphatic rings. The van der Waals surface area contributed by atoms with Crippen molar-refractivity contribution in [2.45, 2.75) is 26.2 Å². The fourth-order valence-electron chi connectivity index (χ4n) is 3.02. The average molecular weight is 312 g/mol. The highest BCUT2D eigenvalue weighted by Gasteiger charge is 2.18. The van der Waals surface area contributed by atoms with Gasteiger partial charge in [-0.2, -0.15) is 0 Å². The van der Waals surface area contributed by atoms with Gasteiger partial charge in [0.2, 0.25) is 0 Å². The Hall–Kier alpha value is -2.49. The molecule has 4 nitrogen and oxygen atoms in total. The molecule has 0 bridgehead atoms. The molecule has 0 saturated heterocycles. The zero-order valence-electron chi connectivity index (χ0n) is 13.4. The van der Waals surface area contributed by atoms with Crippen molar-refractivity contribution < 1.29 is 19.4 Å². The minimum absolute atomic E-state index is 0.139. The Balaban J connectivity index is 2.11. The summed E-state index contributed by atoms with van der Waals surface area (Å²) in [7, 11) is 1.37. The molecule has 1 heterocycles. The number of ether oxygens (including phenoxy) is 2. The van der Waals surface area contributed by atoms with E-state index in [1.807, 2.05) is 31.2 Å². The molecule has 120 valence electrons. The van der Waals surface area contributed by atoms with E-state index in [-0.39, 0.29) is 18.1 Å². The molecule has 0 spiro atoms. The molecule has 0 amide bonds. The van der Waals surface area contributed by atoms with Crippen LogP contribution in [0.25, 0.3) is 11.1 Å². The maximum Gasteiger partial charge on any atom is 0.310 e. The fourth-order valence-corrected chi connectivity index (χ4v) is 3.02. The summed E-state index contributed by atoms with van der Waals surface area (Å²) >= 11 is 0. The number of carbonyl (C=O) groups is 1.